The first-order chi connectivity index (χ1) is 11.7. The van der Waals surface area contributed by atoms with Gasteiger partial charge in [-0.1, -0.05) is 34.1 Å². The van der Waals surface area contributed by atoms with E-state index >= 15 is 0 Å². The number of carbonyl (C=O) groups excluding carboxylic acids is 1. The lowest BCUT2D eigenvalue weighted by molar-refractivity contribution is -0.116. The maximum Gasteiger partial charge on any atom is 0.244 e. The minimum Gasteiger partial charge on any atom is -0.348 e. The van der Waals surface area contributed by atoms with E-state index in [0.717, 1.165) is 15.6 Å². The fraction of sp³-hybridized carbons (Fsp3) is 0.0556. The third kappa shape index (κ3) is 4.17. The number of rotatable bonds is 5. The molecule has 1 N–H and O–H groups in total. The fourth-order valence-corrected chi connectivity index (χ4v) is 2.61. The van der Waals surface area contributed by atoms with Crippen molar-refractivity contribution in [3.05, 3.63) is 82.7 Å². The molecular formula is C18H15BrN4O. The second-order valence-corrected chi connectivity index (χ2v) is 5.96. The zero-order chi connectivity index (χ0) is 16.8. The molecule has 3 rings (SSSR count). The first-order valence-corrected chi connectivity index (χ1v) is 8.17. The number of nitrogens with zero attached hydrogens (tertiary/aromatic N) is 3. The molecule has 0 atom stereocenters. The molecule has 0 aliphatic rings. The molecule has 0 fully saturated rings. The maximum atomic E-state index is 12.0. The van der Waals surface area contributed by atoms with Crippen LogP contribution in [0.25, 0.3) is 11.9 Å². The van der Waals surface area contributed by atoms with E-state index in [2.05, 4.69) is 31.3 Å². The van der Waals surface area contributed by atoms with Crippen molar-refractivity contribution in [2.45, 2.75) is 6.54 Å². The minimum absolute atomic E-state index is 0.162. The SMILES string of the molecule is O=C(/C=C/c1cccc(Br)c1)NCc1cccnc1-n1cccn1. The monoisotopic (exact) mass is 382 g/mol. The first-order valence-electron chi connectivity index (χ1n) is 7.38. The van der Waals surface area contributed by atoms with Crippen molar-refractivity contribution in [1.29, 1.82) is 0 Å². The van der Waals surface area contributed by atoms with E-state index < -0.39 is 0 Å². The number of carbonyl (C=O) groups is 1. The van der Waals surface area contributed by atoms with Crippen LogP contribution in [0, 0.1) is 0 Å². The average molecular weight is 383 g/mol. The van der Waals surface area contributed by atoms with Crippen LogP contribution >= 0.6 is 15.9 Å². The molecule has 2 heterocycles. The van der Waals surface area contributed by atoms with Gasteiger partial charge in [-0.2, -0.15) is 5.10 Å². The number of halogens is 1. The van der Waals surface area contributed by atoms with Crippen LogP contribution in [0.2, 0.25) is 0 Å². The first kappa shape index (κ1) is 16.1. The van der Waals surface area contributed by atoms with Crippen LogP contribution in [0.4, 0.5) is 0 Å². The number of amides is 1. The second kappa shape index (κ2) is 7.70. The number of nitrogens with one attached hydrogen (secondary N) is 1. The molecule has 0 saturated carbocycles. The van der Waals surface area contributed by atoms with E-state index in [-0.39, 0.29) is 5.91 Å². The summed E-state index contributed by atoms with van der Waals surface area (Å²) in [5, 5.41) is 7.05. The average Bonchev–Trinajstić information content (AvgIpc) is 3.13. The van der Waals surface area contributed by atoms with Crippen LogP contribution in [0.1, 0.15) is 11.1 Å². The van der Waals surface area contributed by atoms with Crippen LogP contribution in [-0.2, 0) is 11.3 Å². The van der Waals surface area contributed by atoms with Gasteiger partial charge in [0, 0.05) is 41.2 Å². The van der Waals surface area contributed by atoms with Crippen LogP contribution < -0.4 is 5.32 Å². The van der Waals surface area contributed by atoms with E-state index in [1.54, 1.807) is 23.2 Å². The van der Waals surface area contributed by atoms with Crippen molar-refractivity contribution in [2.75, 3.05) is 0 Å². The van der Waals surface area contributed by atoms with Gasteiger partial charge in [-0.05, 0) is 35.9 Å². The van der Waals surface area contributed by atoms with Gasteiger partial charge in [0.2, 0.25) is 5.91 Å². The summed E-state index contributed by atoms with van der Waals surface area (Å²) in [5.41, 5.74) is 1.85. The number of benzene rings is 1. The van der Waals surface area contributed by atoms with Crippen molar-refractivity contribution in [2.24, 2.45) is 0 Å². The highest BCUT2D eigenvalue weighted by atomic mass is 79.9. The summed E-state index contributed by atoms with van der Waals surface area (Å²) in [7, 11) is 0. The van der Waals surface area contributed by atoms with Crippen molar-refractivity contribution >= 4 is 27.9 Å². The highest BCUT2D eigenvalue weighted by Gasteiger charge is 2.06. The number of aromatic nitrogens is 3. The summed E-state index contributed by atoms with van der Waals surface area (Å²) in [6.45, 7) is 0.380. The van der Waals surface area contributed by atoms with Crippen LogP contribution in [0.3, 0.4) is 0 Å². The van der Waals surface area contributed by atoms with E-state index in [9.17, 15) is 4.79 Å². The van der Waals surface area contributed by atoms with E-state index in [4.69, 9.17) is 0 Å². The highest BCUT2D eigenvalue weighted by Crippen LogP contribution is 2.13. The van der Waals surface area contributed by atoms with E-state index in [1.807, 2.05) is 48.7 Å². The van der Waals surface area contributed by atoms with Crippen LogP contribution in [0.5, 0.6) is 0 Å². The van der Waals surface area contributed by atoms with Gasteiger partial charge in [0.25, 0.3) is 0 Å². The molecule has 0 spiro atoms. The topological polar surface area (TPSA) is 59.8 Å². The maximum absolute atomic E-state index is 12.0. The third-order valence-electron chi connectivity index (χ3n) is 3.32. The van der Waals surface area contributed by atoms with Crippen LogP contribution in [-0.4, -0.2) is 20.7 Å². The molecule has 0 bridgehead atoms. The molecule has 1 amide bonds. The number of hydrogen-bond acceptors (Lipinski definition) is 3. The molecule has 1 aromatic carbocycles. The molecule has 0 saturated heterocycles. The molecule has 6 heteroatoms. The van der Waals surface area contributed by atoms with Gasteiger partial charge in [-0.25, -0.2) is 9.67 Å². The molecule has 3 aromatic rings. The second-order valence-electron chi connectivity index (χ2n) is 5.04. The zero-order valence-corrected chi connectivity index (χ0v) is 14.3. The predicted octanol–water partition coefficient (Wildman–Crippen LogP) is 3.36. The molecule has 0 unspecified atom stereocenters. The largest absolute Gasteiger partial charge is 0.348 e. The number of pyridine rings is 1. The normalized spacial score (nSPS) is 10.9. The Bertz CT molecular complexity index is 859. The molecule has 120 valence electrons. The van der Waals surface area contributed by atoms with Gasteiger partial charge in [-0.3, -0.25) is 4.79 Å². The van der Waals surface area contributed by atoms with Crippen molar-refractivity contribution in [3.63, 3.8) is 0 Å². The Morgan fingerprint density at radius 2 is 2.12 bits per heavy atom. The summed E-state index contributed by atoms with van der Waals surface area (Å²) in [6, 6.07) is 13.3. The molecule has 5 nitrogen and oxygen atoms in total. The van der Waals surface area contributed by atoms with Gasteiger partial charge in [-0.15, -0.1) is 0 Å². The summed E-state index contributed by atoms with van der Waals surface area (Å²) >= 11 is 3.41. The van der Waals surface area contributed by atoms with Gasteiger partial charge in [0.15, 0.2) is 5.82 Å². The summed E-state index contributed by atoms with van der Waals surface area (Å²) in [4.78, 5) is 16.3. The Labute approximate surface area is 148 Å². The summed E-state index contributed by atoms with van der Waals surface area (Å²) in [5.74, 6) is 0.545. The standard InChI is InChI=1S/C18H15BrN4O/c19-16-6-1-4-14(12-16)7-8-17(24)21-13-15-5-2-9-20-18(15)23-11-3-10-22-23/h1-12H,13H2,(H,21,24)/b8-7+. The van der Waals surface area contributed by atoms with Gasteiger partial charge in [0.05, 0.1) is 0 Å². The van der Waals surface area contributed by atoms with Gasteiger partial charge < -0.3 is 5.32 Å². The van der Waals surface area contributed by atoms with Gasteiger partial charge >= 0.3 is 0 Å². The van der Waals surface area contributed by atoms with E-state index in [0.29, 0.717) is 12.4 Å². The highest BCUT2D eigenvalue weighted by molar-refractivity contribution is 9.10. The Kier molecular flexibility index (Phi) is 5.18. The van der Waals surface area contributed by atoms with E-state index in [1.165, 1.54) is 6.08 Å². The molecule has 2 aromatic heterocycles. The quantitative estimate of drug-likeness (QED) is 0.688. The lowest BCUT2D eigenvalue weighted by Crippen LogP contribution is -2.21. The van der Waals surface area contributed by atoms with Crippen molar-refractivity contribution in [3.8, 4) is 5.82 Å². The lowest BCUT2D eigenvalue weighted by atomic mass is 10.2. The molecule has 24 heavy (non-hydrogen) atoms. The van der Waals surface area contributed by atoms with Crippen molar-refractivity contribution in [1.82, 2.24) is 20.1 Å². The van der Waals surface area contributed by atoms with Crippen molar-refractivity contribution < 1.29 is 4.79 Å². The Balaban J connectivity index is 1.65. The fourth-order valence-electron chi connectivity index (χ4n) is 2.19. The summed E-state index contributed by atoms with van der Waals surface area (Å²) in [6.07, 6.45) is 8.51. The molecule has 0 radical (unpaired) electrons. The summed E-state index contributed by atoms with van der Waals surface area (Å²) < 4.78 is 2.66. The Morgan fingerprint density at radius 3 is 2.92 bits per heavy atom. The van der Waals surface area contributed by atoms with Crippen LogP contribution in [0.15, 0.2) is 71.6 Å². The zero-order valence-electron chi connectivity index (χ0n) is 12.8. The third-order valence-corrected chi connectivity index (χ3v) is 3.81. The van der Waals surface area contributed by atoms with Gasteiger partial charge in [0.1, 0.15) is 0 Å². The Morgan fingerprint density at radius 1 is 1.21 bits per heavy atom. The molecular weight excluding hydrogens is 368 g/mol. The predicted molar refractivity (Wildman–Crippen MR) is 96.4 cm³/mol. The minimum atomic E-state index is -0.162. The molecule has 0 aliphatic heterocycles. The smallest absolute Gasteiger partial charge is 0.244 e. The Hall–Kier alpha value is -2.73. The lowest BCUT2D eigenvalue weighted by Gasteiger charge is -2.08. The number of hydrogen-bond donors (Lipinski definition) is 1. The molecule has 0 aliphatic carbocycles.